The Labute approximate surface area is 262 Å². The highest BCUT2D eigenvalue weighted by atomic mass is 16.6. The number of hydrogen-bond donors (Lipinski definition) is 2. The molecule has 2 aliphatic heterocycles. The molecule has 0 aromatic rings. The molecule has 2 saturated heterocycles. The van der Waals surface area contributed by atoms with Crippen molar-refractivity contribution < 1.29 is 19.7 Å². The van der Waals surface area contributed by atoms with Crippen LogP contribution in [0, 0.1) is 52.3 Å². The molecule has 6 nitrogen and oxygen atoms in total. The van der Waals surface area contributed by atoms with Gasteiger partial charge < -0.3 is 24.7 Å². The summed E-state index contributed by atoms with van der Waals surface area (Å²) in [4.78, 5) is 17.4. The van der Waals surface area contributed by atoms with E-state index in [4.69, 9.17) is 4.74 Å². The third-order valence-corrected chi connectivity index (χ3v) is 14.8. The molecule has 43 heavy (non-hydrogen) atoms. The van der Waals surface area contributed by atoms with E-state index in [2.05, 4.69) is 32.6 Å². The summed E-state index contributed by atoms with van der Waals surface area (Å²) >= 11 is 0. The molecule has 2 heterocycles. The zero-order chi connectivity index (χ0) is 30.4. The highest BCUT2D eigenvalue weighted by molar-refractivity contribution is 5.67. The minimum Gasteiger partial charge on any atom is -0.449 e. The Balaban J connectivity index is 0.996. The van der Waals surface area contributed by atoms with Gasteiger partial charge in [0.1, 0.15) is 0 Å². The molecule has 2 N–H and O–H groups in total. The Kier molecular flexibility index (Phi) is 9.78. The number of fused-ring (bicyclic) bond motifs is 5. The average Bonchev–Trinajstić information content (AvgIpc) is 3.38. The second-order valence-electron chi connectivity index (χ2n) is 16.7. The zero-order valence-corrected chi connectivity index (χ0v) is 28.0. The summed E-state index contributed by atoms with van der Waals surface area (Å²) in [6.07, 6.45) is 16.8. The number of ether oxygens (including phenoxy) is 1. The van der Waals surface area contributed by atoms with Gasteiger partial charge in [-0.05, 0) is 149 Å². The maximum Gasteiger partial charge on any atom is 0.409 e. The van der Waals surface area contributed by atoms with Crippen LogP contribution in [0.3, 0.4) is 0 Å². The van der Waals surface area contributed by atoms with Crippen molar-refractivity contribution in [1.29, 1.82) is 0 Å². The van der Waals surface area contributed by atoms with Crippen molar-refractivity contribution in [2.75, 3.05) is 32.8 Å². The van der Waals surface area contributed by atoms with Crippen LogP contribution in [-0.2, 0) is 4.74 Å². The van der Waals surface area contributed by atoms with Gasteiger partial charge in [0.15, 0.2) is 0 Å². The minimum absolute atomic E-state index is 0.102. The van der Waals surface area contributed by atoms with E-state index in [9.17, 15) is 15.0 Å². The van der Waals surface area contributed by atoms with Gasteiger partial charge in [-0.25, -0.2) is 4.79 Å². The third kappa shape index (κ3) is 5.93. The van der Waals surface area contributed by atoms with Crippen LogP contribution in [0.4, 0.5) is 4.79 Å². The zero-order valence-electron chi connectivity index (χ0n) is 28.0. The lowest BCUT2D eigenvalue weighted by Gasteiger charge is -2.64. The number of carbonyl (C=O) groups is 1. The summed E-state index contributed by atoms with van der Waals surface area (Å²) in [6.45, 7) is 14.5. The van der Waals surface area contributed by atoms with Crippen LogP contribution >= 0.6 is 0 Å². The van der Waals surface area contributed by atoms with E-state index < -0.39 is 0 Å². The van der Waals surface area contributed by atoms with Gasteiger partial charge in [0.05, 0.1) is 18.8 Å². The van der Waals surface area contributed by atoms with E-state index in [1.54, 1.807) is 0 Å². The number of aliphatic hydroxyl groups is 2. The standard InChI is InChI=1S/C37H64N2O4/c1-5-28-32-24-27(40)13-17-37(32,4)31-14-18-36(3)29(11-12-30(36)33(31)34(28)41)25(2)10-9-23-43-35(42)39-21-15-26(16-22-39)38-19-7-6-8-20-38/h25-34,40-41H,5-24H2,1-4H3/t25-,27-,28-,29-,30+,31+,32?,33-,34-,36?,37+/m1/s1. The molecule has 0 aromatic heterocycles. The quantitative estimate of drug-likeness (QED) is 0.305. The van der Waals surface area contributed by atoms with Crippen LogP contribution in [0.2, 0.25) is 0 Å². The Morgan fingerprint density at radius 1 is 0.884 bits per heavy atom. The fourth-order valence-corrected chi connectivity index (χ4v) is 12.5. The van der Waals surface area contributed by atoms with Gasteiger partial charge in [-0.15, -0.1) is 0 Å². The molecule has 1 amide bonds. The first kappa shape index (κ1) is 32.1. The molecule has 0 radical (unpaired) electrons. The SMILES string of the molecule is CC[C@@H]1C2C[C@H](O)CC[C@@]2(C)[C@H]2CCC3(C)[C@@H]([C@H](C)CCCOC(=O)N4CCC(N5CCCCC5)CC4)CC[C@H]3[C@H]2[C@@H]1O. The molecule has 0 bridgehead atoms. The number of rotatable bonds is 7. The van der Waals surface area contributed by atoms with Crippen molar-refractivity contribution in [2.45, 2.75) is 142 Å². The number of hydrogen-bond acceptors (Lipinski definition) is 5. The van der Waals surface area contributed by atoms with E-state index in [1.165, 1.54) is 58.0 Å². The molecule has 11 atom stereocenters. The number of piperidine rings is 2. The highest BCUT2D eigenvalue weighted by Crippen LogP contribution is 2.69. The van der Waals surface area contributed by atoms with Crippen LogP contribution in [0.25, 0.3) is 0 Å². The molecule has 246 valence electrons. The van der Waals surface area contributed by atoms with Crippen LogP contribution in [-0.4, -0.2) is 77.1 Å². The summed E-state index contributed by atoms with van der Waals surface area (Å²) in [5.41, 5.74) is 0.564. The minimum atomic E-state index is -0.221. The van der Waals surface area contributed by atoms with Crippen molar-refractivity contribution in [3.8, 4) is 0 Å². The summed E-state index contributed by atoms with van der Waals surface area (Å²) in [5, 5.41) is 22.5. The second-order valence-corrected chi connectivity index (χ2v) is 16.7. The maximum atomic E-state index is 12.8. The fourth-order valence-electron chi connectivity index (χ4n) is 12.5. The van der Waals surface area contributed by atoms with Crippen molar-refractivity contribution in [1.82, 2.24) is 9.80 Å². The number of likely N-dealkylation sites (tertiary alicyclic amines) is 2. The Bertz CT molecular complexity index is 947. The van der Waals surface area contributed by atoms with Gasteiger partial charge in [-0.3, -0.25) is 0 Å². The number of aliphatic hydroxyl groups excluding tert-OH is 2. The van der Waals surface area contributed by atoms with Crippen molar-refractivity contribution >= 4 is 6.09 Å². The summed E-state index contributed by atoms with van der Waals surface area (Å²) in [6, 6.07) is 0.652. The van der Waals surface area contributed by atoms with Gasteiger partial charge in [-0.2, -0.15) is 0 Å². The predicted octanol–water partition coefficient (Wildman–Crippen LogP) is 7.12. The predicted molar refractivity (Wildman–Crippen MR) is 172 cm³/mol. The monoisotopic (exact) mass is 600 g/mol. The summed E-state index contributed by atoms with van der Waals surface area (Å²) in [7, 11) is 0. The largest absolute Gasteiger partial charge is 0.449 e. The molecular formula is C37H64N2O4. The summed E-state index contributed by atoms with van der Waals surface area (Å²) < 4.78 is 5.81. The molecule has 2 unspecified atom stereocenters. The molecule has 4 saturated carbocycles. The third-order valence-electron chi connectivity index (χ3n) is 14.8. The van der Waals surface area contributed by atoms with E-state index >= 15 is 0 Å². The Morgan fingerprint density at radius 3 is 2.30 bits per heavy atom. The molecule has 6 fully saturated rings. The smallest absolute Gasteiger partial charge is 0.409 e. The number of carbonyl (C=O) groups excluding carboxylic acids is 1. The van der Waals surface area contributed by atoms with E-state index in [0.717, 1.165) is 64.5 Å². The van der Waals surface area contributed by atoms with Crippen LogP contribution in [0.5, 0.6) is 0 Å². The van der Waals surface area contributed by atoms with Crippen LogP contribution in [0.1, 0.15) is 124 Å². The van der Waals surface area contributed by atoms with E-state index in [0.29, 0.717) is 59.5 Å². The molecular weight excluding hydrogens is 536 g/mol. The van der Waals surface area contributed by atoms with Crippen molar-refractivity contribution in [3.63, 3.8) is 0 Å². The topological polar surface area (TPSA) is 73.2 Å². The molecule has 0 aromatic carbocycles. The highest BCUT2D eigenvalue weighted by Gasteiger charge is 2.64. The van der Waals surface area contributed by atoms with E-state index in [1.807, 2.05) is 4.90 Å². The molecule has 4 aliphatic carbocycles. The first-order valence-corrected chi connectivity index (χ1v) is 18.7. The molecule has 6 heteroatoms. The van der Waals surface area contributed by atoms with Gasteiger partial charge in [0, 0.05) is 19.1 Å². The first-order valence-electron chi connectivity index (χ1n) is 18.7. The van der Waals surface area contributed by atoms with Crippen molar-refractivity contribution in [3.05, 3.63) is 0 Å². The summed E-state index contributed by atoms with van der Waals surface area (Å²) in [5.74, 6) is 3.71. The van der Waals surface area contributed by atoms with E-state index in [-0.39, 0.29) is 23.7 Å². The average molecular weight is 601 g/mol. The van der Waals surface area contributed by atoms with Gasteiger partial charge >= 0.3 is 6.09 Å². The lowest BCUT2D eigenvalue weighted by atomic mass is 9.41. The Morgan fingerprint density at radius 2 is 1.58 bits per heavy atom. The van der Waals surface area contributed by atoms with Gasteiger partial charge in [0.25, 0.3) is 0 Å². The lowest BCUT2D eigenvalue weighted by molar-refractivity contribution is -0.203. The first-order chi connectivity index (χ1) is 20.7. The van der Waals surface area contributed by atoms with Crippen LogP contribution < -0.4 is 0 Å². The van der Waals surface area contributed by atoms with Crippen molar-refractivity contribution in [2.24, 2.45) is 52.3 Å². The van der Waals surface area contributed by atoms with Gasteiger partial charge in [-0.1, -0.05) is 40.5 Å². The van der Waals surface area contributed by atoms with Crippen LogP contribution in [0.15, 0.2) is 0 Å². The second kappa shape index (κ2) is 13.1. The maximum absolute atomic E-state index is 12.8. The lowest BCUT2D eigenvalue weighted by Crippen LogP contribution is -2.62. The fraction of sp³-hybridized carbons (Fsp3) is 0.973. The normalized spacial score (nSPS) is 44.7. The number of amides is 1. The molecule has 0 spiro atoms. The van der Waals surface area contributed by atoms with Gasteiger partial charge in [0.2, 0.25) is 0 Å². The molecule has 6 aliphatic rings. The molecule has 6 rings (SSSR count). The Hall–Kier alpha value is -0.850. The number of nitrogens with zero attached hydrogens (tertiary/aromatic N) is 2.